The molecule has 0 bridgehead atoms. The number of imide groups is 1. The molecular weight excluding hydrogens is 400 g/mol. The molecule has 26 heavy (non-hydrogen) atoms. The molecule has 1 fully saturated rings. The van der Waals surface area contributed by atoms with Gasteiger partial charge in [-0.05, 0) is 24.3 Å². The number of carbonyl (C=O) groups is 3. The number of aromatic nitrogens is 1. The Morgan fingerprint density at radius 3 is 2.54 bits per heavy atom. The van der Waals surface area contributed by atoms with Gasteiger partial charge < -0.3 is 9.72 Å². The average Bonchev–Trinajstić information content (AvgIpc) is 3.11. The van der Waals surface area contributed by atoms with Crippen LogP contribution in [0.2, 0.25) is 5.02 Å². The average molecular weight is 411 g/mol. The molecule has 1 aromatic heterocycles. The van der Waals surface area contributed by atoms with Crippen LogP contribution in [0.15, 0.2) is 34.1 Å². The molecule has 0 spiro atoms. The molecule has 0 radical (unpaired) electrons. The number of hydrogen-bond acceptors (Lipinski definition) is 7. The first-order valence-electron chi connectivity index (χ1n) is 7.53. The van der Waals surface area contributed by atoms with Crippen LogP contribution in [0.25, 0.3) is 0 Å². The number of thioether (sulfide) groups is 1. The second kappa shape index (κ2) is 6.26. The SMILES string of the molecule is COC(=O)[C@@H]1c2sc(=O)[nH]c2S[C@H]2C(=O)N(c3ccc(Cl)cc3)C(=O)[C@H]12. The lowest BCUT2D eigenvalue weighted by Gasteiger charge is -2.27. The van der Waals surface area contributed by atoms with Gasteiger partial charge in [-0.3, -0.25) is 19.2 Å². The Balaban J connectivity index is 1.81. The number of ether oxygens (including phenoxy) is 1. The summed E-state index contributed by atoms with van der Waals surface area (Å²) in [6.07, 6.45) is 0. The number of methoxy groups -OCH3 is 1. The van der Waals surface area contributed by atoms with Crippen LogP contribution in [0.5, 0.6) is 0 Å². The molecule has 2 aromatic rings. The van der Waals surface area contributed by atoms with E-state index in [-0.39, 0.29) is 4.87 Å². The molecule has 7 nitrogen and oxygen atoms in total. The summed E-state index contributed by atoms with van der Waals surface area (Å²) in [6.45, 7) is 0. The second-order valence-corrected chi connectivity index (χ2v) is 8.36. The van der Waals surface area contributed by atoms with E-state index < -0.39 is 34.9 Å². The number of nitrogens with zero attached hydrogens (tertiary/aromatic N) is 1. The summed E-state index contributed by atoms with van der Waals surface area (Å²) in [7, 11) is 1.21. The topological polar surface area (TPSA) is 96.5 Å². The van der Waals surface area contributed by atoms with Crippen molar-refractivity contribution in [2.45, 2.75) is 16.2 Å². The van der Waals surface area contributed by atoms with Gasteiger partial charge in [0, 0.05) is 5.02 Å². The molecule has 2 aliphatic heterocycles. The smallest absolute Gasteiger partial charge is 0.314 e. The molecule has 0 aliphatic carbocycles. The van der Waals surface area contributed by atoms with E-state index in [0.717, 1.165) is 28.0 Å². The number of aromatic amines is 1. The van der Waals surface area contributed by atoms with Crippen molar-refractivity contribution in [3.05, 3.63) is 43.8 Å². The maximum atomic E-state index is 13.1. The van der Waals surface area contributed by atoms with Crippen LogP contribution in [-0.2, 0) is 19.1 Å². The Kier molecular flexibility index (Phi) is 4.17. The number of amides is 2. The van der Waals surface area contributed by atoms with Crippen LogP contribution < -0.4 is 9.77 Å². The molecule has 134 valence electrons. The predicted molar refractivity (Wildman–Crippen MR) is 96.8 cm³/mol. The van der Waals surface area contributed by atoms with Gasteiger partial charge in [-0.15, -0.1) is 0 Å². The molecular formula is C16H11ClN2O5S2. The van der Waals surface area contributed by atoms with Gasteiger partial charge >= 0.3 is 10.8 Å². The van der Waals surface area contributed by atoms with E-state index in [1.165, 1.54) is 7.11 Å². The molecule has 0 unspecified atom stereocenters. The monoisotopic (exact) mass is 410 g/mol. The number of thiazole rings is 1. The van der Waals surface area contributed by atoms with Gasteiger partial charge in [-0.1, -0.05) is 34.7 Å². The number of fused-ring (bicyclic) bond motifs is 2. The highest BCUT2D eigenvalue weighted by Gasteiger charge is 2.58. The van der Waals surface area contributed by atoms with E-state index in [2.05, 4.69) is 4.98 Å². The third-order valence-corrected chi connectivity index (χ3v) is 7.02. The third kappa shape index (κ3) is 2.50. The van der Waals surface area contributed by atoms with Crippen molar-refractivity contribution >= 4 is 58.2 Å². The van der Waals surface area contributed by atoms with E-state index in [4.69, 9.17) is 16.3 Å². The number of carbonyl (C=O) groups excluding carboxylic acids is 3. The fourth-order valence-corrected chi connectivity index (χ4v) is 5.84. The molecule has 3 heterocycles. The van der Waals surface area contributed by atoms with Crippen molar-refractivity contribution in [3.8, 4) is 0 Å². The summed E-state index contributed by atoms with van der Waals surface area (Å²) in [5.74, 6) is -3.47. The number of nitrogens with one attached hydrogen (secondary N) is 1. The summed E-state index contributed by atoms with van der Waals surface area (Å²) in [5, 5.41) is 0.114. The maximum absolute atomic E-state index is 13.1. The number of rotatable bonds is 2. The minimum atomic E-state index is -0.987. The molecule has 3 atom stereocenters. The number of hydrogen-bond donors (Lipinski definition) is 1. The van der Waals surface area contributed by atoms with Crippen LogP contribution in [0.3, 0.4) is 0 Å². The standard InChI is InChI=1S/C16H11ClN2O5S2/c1-24-15(22)9-8-11(25-12-10(9)26-16(23)18-12)14(21)19(13(8)20)7-4-2-6(17)3-5-7/h2-5,8-9,11H,1H3,(H,18,23)/t8-,9+,11-/m1/s1. The van der Waals surface area contributed by atoms with Crippen molar-refractivity contribution in [1.82, 2.24) is 4.98 Å². The zero-order valence-electron chi connectivity index (χ0n) is 13.2. The van der Waals surface area contributed by atoms with Crippen molar-refractivity contribution in [2.75, 3.05) is 12.0 Å². The summed E-state index contributed by atoms with van der Waals surface area (Å²) in [5.41, 5.74) is 0.389. The third-order valence-electron chi connectivity index (χ3n) is 4.36. The molecule has 2 amide bonds. The molecule has 10 heteroatoms. The molecule has 2 aliphatic rings. The zero-order valence-corrected chi connectivity index (χ0v) is 15.6. The molecule has 4 rings (SSSR count). The Morgan fingerprint density at radius 1 is 1.19 bits per heavy atom. The summed E-state index contributed by atoms with van der Waals surface area (Å²) in [6, 6.07) is 6.31. The molecule has 1 aromatic carbocycles. The first-order valence-corrected chi connectivity index (χ1v) is 9.60. The van der Waals surface area contributed by atoms with E-state index in [0.29, 0.717) is 20.6 Å². The van der Waals surface area contributed by atoms with Gasteiger partial charge in [-0.2, -0.15) is 0 Å². The van der Waals surface area contributed by atoms with Gasteiger partial charge in [0.15, 0.2) is 0 Å². The summed E-state index contributed by atoms with van der Waals surface area (Å²) < 4.78 is 4.85. The minimum absolute atomic E-state index is 0.342. The fourth-order valence-electron chi connectivity index (χ4n) is 3.24. The van der Waals surface area contributed by atoms with Crippen molar-refractivity contribution in [2.24, 2.45) is 5.92 Å². The number of benzene rings is 1. The van der Waals surface area contributed by atoms with Crippen LogP contribution in [-0.4, -0.2) is 35.1 Å². The van der Waals surface area contributed by atoms with Crippen LogP contribution >= 0.6 is 34.7 Å². The Hall–Kier alpha value is -2.10. The fraction of sp³-hybridized carbons (Fsp3) is 0.250. The number of esters is 1. The van der Waals surface area contributed by atoms with Gasteiger partial charge in [-0.25, -0.2) is 4.90 Å². The summed E-state index contributed by atoms with van der Waals surface area (Å²) in [4.78, 5) is 53.9. The van der Waals surface area contributed by atoms with E-state index >= 15 is 0 Å². The lowest BCUT2D eigenvalue weighted by molar-refractivity contribution is -0.145. The Labute approximate surface area is 160 Å². The highest BCUT2D eigenvalue weighted by atomic mass is 35.5. The highest BCUT2D eigenvalue weighted by Crippen LogP contribution is 2.51. The lowest BCUT2D eigenvalue weighted by Crippen LogP contribution is -2.35. The zero-order chi connectivity index (χ0) is 18.6. The number of halogens is 1. The van der Waals surface area contributed by atoms with Crippen molar-refractivity contribution in [1.29, 1.82) is 0 Å². The van der Waals surface area contributed by atoms with E-state index in [1.54, 1.807) is 24.3 Å². The van der Waals surface area contributed by atoms with E-state index in [9.17, 15) is 19.2 Å². The summed E-state index contributed by atoms with van der Waals surface area (Å²) >= 11 is 7.83. The van der Waals surface area contributed by atoms with Crippen LogP contribution in [0.1, 0.15) is 10.8 Å². The quantitative estimate of drug-likeness (QED) is 0.601. The first kappa shape index (κ1) is 17.3. The molecule has 1 saturated heterocycles. The van der Waals surface area contributed by atoms with Crippen LogP contribution in [0, 0.1) is 5.92 Å². The number of anilines is 1. The Bertz CT molecular complexity index is 983. The Morgan fingerprint density at radius 2 is 1.88 bits per heavy atom. The first-order chi connectivity index (χ1) is 12.4. The number of H-pyrrole nitrogens is 1. The van der Waals surface area contributed by atoms with Gasteiger partial charge in [0.05, 0.1) is 28.6 Å². The van der Waals surface area contributed by atoms with E-state index in [1.807, 2.05) is 0 Å². The normalized spacial score (nSPS) is 24.4. The lowest BCUT2D eigenvalue weighted by atomic mass is 9.89. The maximum Gasteiger partial charge on any atom is 0.314 e. The van der Waals surface area contributed by atoms with Gasteiger partial charge in [0.2, 0.25) is 11.8 Å². The van der Waals surface area contributed by atoms with Crippen LogP contribution in [0.4, 0.5) is 5.69 Å². The van der Waals surface area contributed by atoms with Crippen molar-refractivity contribution in [3.63, 3.8) is 0 Å². The van der Waals surface area contributed by atoms with Crippen molar-refractivity contribution < 1.29 is 19.1 Å². The second-order valence-electron chi connectivity index (χ2n) is 5.76. The largest absolute Gasteiger partial charge is 0.469 e. The van der Waals surface area contributed by atoms with Gasteiger partial charge in [0.25, 0.3) is 0 Å². The highest BCUT2D eigenvalue weighted by molar-refractivity contribution is 8.00. The molecule has 1 N–H and O–H groups in total. The predicted octanol–water partition coefficient (Wildman–Crippen LogP) is 2.01. The van der Waals surface area contributed by atoms with Gasteiger partial charge in [0.1, 0.15) is 11.2 Å². The molecule has 0 saturated carbocycles. The minimum Gasteiger partial charge on any atom is -0.469 e.